The first-order valence-electron chi connectivity index (χ1n) is 8.90. The quantitative estimate of drug-likeness (QED) is 0.864. The molecule has 2 heterocycles. The molecule has 2 aliphatic rings. The zero-order valence-corrected chi connectivity index (χ0v) is 14.1. The van der Waals surface area contributed by atoms with E-state index in [2.05, 4.69) is 10.1 Å². The maximum atomic E-state index is 12.6. The van der Waals surface area contributed by atoms with E-state index in [1.54, 1.807) is 0 Å². The van der Waals surface area contributed by atoms with E-state index in [4.69, 9.17) is 4.52 Å². The highest BCUT2D eigenvalue weighted by Gasteiger charge is 2.32. The number of carbonyl (C=O) groups is 1. The third-order valence-corrected chi connectivity index (χ3v) is 5.27. The van der Waals surface area contributed by atoms with E-state index in [9.17, 15) is 4.79 Å². The van der Waals surface area contributed by atoms with Crippen molar-refractivity contribution in [1.29, 1.82) is 0 Å². The number of likely N-dealkylation sites (tertiary alicyclic amines) is 1. The summed E-state index contributed by atoms with van der Waals surface area (Å²) in [6.07, 6.45) is 5.75. The van der Waals surface area contributed by atoms with Gasteiger partial charge in [-0.05, 0) is 38.3 Å². The zero-order chi connectivity index (χ0) is 16.5. The minimum Gasteiger partial charge on any atom is -0.339 e. The third-order valence-electron chi connectivity index (χ3n) is 5.27. The van der Waals surface area contributed by atoms with Crippen molar-refractivity contribution in [3.8, 4) is 0 Å². The monoisotopic (exact) mass is 325 g/mol. The summed E-state index contributed by atoms with van der Waals surface area (Å²) in [5, 5.41) is 4.19. The molecular weight excluding hydrogens is 302 g/mol. The van der Waals surface area contributed by atoms with Crippen LogP contribution >= 0.6 is 0 Å². The summed E-state index contributed by atoms with van der Waals surface area (Å²) in [7, 11) is 0. The Balaban J connectivity index is 1.43. The van der Waals surface area contributed by atoms with E-state index in [0.29, 0.717) is 18.4 Å². The van der Waals surface area contributed by atoms with Gasteiger partial charge in [-0.15, -0.1) is 0 Å². The van der Waals surface area contributed by atoms with E-state index in [1.807, 2.05) is 36.1 Å². The SMILES string of the molecule is Cc1cccc(C(=O)N2CC[C@@H](c3nc(C4CCCC4)no3)C2)c1. The van der Waals surface area contributed by atoms with Crippen LogP contribution < -0.4 is 0 Å². The Hall–Kier alpha value is -2.17. The lowest BCUT2D eigenvalue weighted by molar-refractivity contribution is 0.0789. The summed E-state index contributed by atoms with van der Waals surface area (Å²) in [6, 6.07) is 7.77. The molecule has 1 saturated heterocycles. The molecule has 2 fully saturated rings. The Bertz CT molecular complexity index is 734. The lowest BCUT2D eigenvalue weighted by atomic mass is 10.1. The molecule has 1 amide bonds. The molecule has 1 atom stereocenters. The first-order valence-corrected chi connectivity index (χ1v) is 8.90. The van der Waals surface area contributed by atoms with E-state index in [0.717, 1.165) is 29.9 Å². The van der Waals surface area contributed by atoms with Crippen LogP contribution in [0.5, 0.6) is 0 Å². The number of amides is 1. The highest BCUT2D eigenvalue weighted by atomic mass is 16.5. The molecule has 1 aromatic carbocycles. The highest BCUT2D eigenvalue weighted by molar-refractivity contribution is 5.94. The van der Waals surface area contributed by atoms with Crippen molar-refractivity contribution in [3.63, 3.8) is 0 Å². The second kappa shape index (κ2) is 6.38. The van der Waals surface area contributed by atoms with Crippen LogP contribution in [0.3, 0.4) is 0 Å². The van der Waals surface area contributed by atoms with Gasteiger partial charge in [0.05, 0.1) is 5.92 Å². The Labute approximate surface area is 142 Å². The van der Waals surface area contributed by atoms with E-state index >= 15 is 0 Å². The van der Waals surface area contributed by atoms with Crippen molar-refractivity contribution in [2.75, 3.05) is 13.1 Å². The summed E-state index contributed by atoms with van der Waals surface area (Å²) in [5.74, 6) is 2.30. The number of rotatable bonds is 3. The largest absolute Gasteiger partial charge is 0.339 e. The zero-order valence-electron chi connectivity index (χ0n) is 14.1. The lowest BCUT2D eigenvalue weighted by Gasteiger charge is -2.16. The Morgan fingerprint density at radius 1 is 1.21 bits per heavy atom. The maximum absolute atomic E-state index is 12.6. The molecule has 2 aromatic rings. The summed E-state index contributed by atoms with van der Waals surface area (Å²) >= 11 is 0. The summed E-state index contributed by atoms with van der Waals surface area (Å²) in [5.41, 5.74) is 1.86. The first-order chi connectivity index (χ1) is 11.7. The molecule has 1 saturated carbocycles. The molecule has 1 aliphatic heterocycles. The predicted molar refractivity (Wildman–Crippen MR) is 89.9 cm³/mol. The summed E-state index contributed by atoms with van der Waals surface area (Å²) < 4.78 is 5.51. The van der Waals surface area contributed by atoms with Crippen molar-refractivity contribution in [3.05, 3.63) is 47.1 Å². The first kappa shape index (κ1) is 15.4. The summed E-state index contributed by atoms with van der Waals surface area (Å²) in [4.78, 5) is 19.2. The molecule has 0 spiro atoms. The van der Waals surface area contributed by atoms with Gasteiger partial charge < -0.3 is 9.42 Å². The highest BCUT2D eigenvalue weighted by Crippen LogP contribution is 2.34. The minimum atomic E-state index is 0.0942. The van der Waals surface area contributed by atoms with Crippen LogP contribution in [0.25, 0.3) is 0 Å². The molecule has 0 radical (unpaired) electrons. The van der Waals surface area contributed by atoms with Gasteiger partial charge in [0, 0.05) is 24.6 Å². The molecule has 5 heteroatoms. The van der Waals surface area contributed by atoms with Gasteiger partial charge in [0.25, 0.3) is 5.91 Å². The Morgan fingerprint density at radius 3 is 2.83 bits per heavy atom. The number of aromatic nitrogens is 2. The van der Waals surface area contributed by atoms with Gasteiger partial charge in [0.1, 0.15) is 0 Å². The van der Waals surface area contributed by atoms with Crippen LogP contribution in [0.15, 0.2) is 28.8 Å². The molecule has 1 aromatic heterocycles. The lowest BCUT2D eigenvalue weighted by Crippen LogP contribution is -2.28. The molecule has 0 unspecified atom stereocenters. The van der Waals surface area contributed by atoms with Crippen LogP contribution in [0.4, 0.5) is 0 Å². The molecule has 126 valence electrons. The molecule has 1 aliphatic carbocycles. The summed E-state index contributed by atoms with van der Waals surface area (Å²) in [6.45, 7) is 3.42. The number of hydrogen-bond acceptors (Lipinski definition) is 4. The number of aryl methyl sites for hydroxylation is 1. The second-order valence-electron chi connectivity index (χ2n) is 7.08. The van der Waals surface area contributed by atoms with Gasteiger partial charge in [-0.1, -0.05) is 35.7 Å². The molecule has 24 heavy (non-hydrogen) atoms. The third kappa shape index (κ3) is 2.95. The van der Waals surface area contributed by atoms with Gasteiger partial charge in [0.2, 0.25) is 5.89 Å². The fourth-order valence-corrected chi connectivity index (χ4v) is 3.87. The topological polar surface area (TPSA) is 59.2 Å². The Kier molecular flexibility index (Phi) is 4.08. The van der Waals surface area contributed by atoms with Crippen molar-refractivity contribution in [2.45, 2.75) is 50.9 Å². The van der Waals surface area contributed by atoms with Gasteiger partial charge in [-0.25, -0.2) is 0 Å². The maximum Gasteiger partial charge on any atom is 0.253 e. The van der Waals surface area contributed by atoms with Crippen molar-refractivity contribution < 1.29 is 9.32 Å². The molecule has 0 bridgehead atoms. The van der Waals surface area contributed by atoms with Gasteiger partial charge in [-0.2, -0.15) is 4.98 Å². The molecule has 5 nitrogen and oxygen atoms in total. The van der Waals surface area contributed by atoms with Crippen LogP contribution in [-0.2, 0) is 0 Å². The number of hydrogen-bond donors (Lipinski definition) is 0. The van der Waals surface area contributed by atoms with Crippen molar-refractivity contribution in [2.24, 2.45) is 0 Å². The van der Waals surface area contributed by atoms with Gasteiger partial charge >= 0.3 is 0 Å². The van der Waals surface area contributed by atoms with E-state index in [1.165, 1.54) is 25.7 Å². The van der Waals surface area contributed by atoms with Gasteiger partial charge in [-0.3, -0.25) is 4.79 Å². The number of nitrogens with zero attached hydrogens (tertiary/aromatic N) is 3. The molecular formula is C19H23N3O2. The fourth-order valence-electron chi connectivity index (χ4n) is 3.87. The van der Waals surface area contributed by atoms with E-state index < -0.39 is 0 Å². The number of carbonyl (C=O) groups excluding carboxylic acids is 1. The second-order valence-corrected chi connectivity index (χ2v) is 7.08. The minimum absolute atomic E-state index is 0.0942. The van der Waals surface area contributed by atoms with Crippen LogP contribution in [0.2, 0.25) is 0 Å². The molecule has 0 N–H and O–H groups in total. The molecule has 4 rings (SSSR count). The standard InChI is InChI=1S/C19H23N3O2/c1-13-5-4-8-15(11-13)19(23)22-10-9-16(12-22)18-20-17(21-24-18)14-6-2-3-7-14/h4-5,8,11,14,16H,2-3,6-7,9-10,12H2,1H3/t16-/m1/s1. The van der Waals surface area contributed by atoms with Crippen LogP contribution in [0, 0.1) is 6.92 Å². The van der Waals surface area contributed by atoms with Crippen LogP contribution in [-0.4, -0.2) is 34.0 Å². The smallest absolute Gasteiger partial charge is 0.253 e. The normalized spacial score (nSPS) is 21.5. The average molecular weight is 325 g/mol. The Morgan fingerprint density at radius 2 is 2.04 bits per heavy atom. The predicted octanol–water partition coefficient (Wildman–Crippen LogP) is 3.67. The van der Waals surface area contributed by atoms with Gasteiger partial charge in [0.15, 0.2) is 5.82 Å². The van der Waals surface area contributed by atoms with E-state index in [-0.39, 0.29) is 11.8 Å². The fraction of sp³-hybridized carbons (Fsp3) is 0.526. The number of benzene rings is 1. The van der Waals surface area contributed by atoms with Crippen LogP contribution in [0.1, 0.15) is 71.6 Å². The van der Waals surface area contributed by atoms with Crippen molar-refractivity contribution >= 4 is 5.91 Å². The average Bonchev–Trinajstić information content (AvgIpc) is 3.32. The van der Waals surface area contributed by atoms with Crippen molar-refractivity contribution in [1.82, 2.24) is 15.0 Å².